The lowest BCUT2D eigenvalue weighted by molar-refractivity contribution is -0.131. The topological polar surface area (TPSA) is 80.8 Å². The molecule has 2 aromatic rings. The first kappa shape index (κ1) is 29.4. The Morgan fingerprint density at radius 2 is 1.55 bits per heavy atom. The van der Waals surface area contributed by atoms with E-state index in [1.807, 2.05) is 32.9 Å². The second-order valence-electron chi connectivity index (χ2n) is 12.0. The SMILES string of the molecule is CC(=O)Oc1cc2c(cc1C(C)C)C(=O)C[C@H]1[C@](C)(CN3C(=O)c4c(Cl)c(Cl)c(Cl)c(Cl)c4C3=O)CCC[C@]21C. The van der Waals surface area contributed by atoms with Crippen LogP contribution in [0.3, 0.4) is 0 Å². The Morgan fingerprint density at radius 1 is 0.975 bits per heavy atom. The van der Waals surface area contributed by atoms with Gasteiger partial charge in [-0.15, -0.1) is 0 Å². The molecule has 1 fully saturated rings. The maximum absolute atomic E-state index is 13.7. The molecule has 3 aliphatic rings. The summed E-state index contributed by atoms with van der Waals surface area (Å²) in [4.78, 5) is 53.9. The molecule has 10 heteroatoms. The molecule has 212 valence electrons. The Kier molecular flexibility index (Phi) is 7.35. The molecule has 3 atom stereocenters. The van der Waals surface area contributed by atoms with Gasteiger partial charge < -0.3 is 4.74 Å². The molecule has 0 bridgehead atoms. The summed E-state index contributed by atoms with van der Waals surface area (Å²) in [7, 11) is 0. The fraction of sp³-hybridized carbons (Fsp3) is 0.467. The fourth-order valence-corrected chi connectivity index (χ4v) is 8.16. The molecule has 1 aliphatic heterocycles. The first-order valence-electron chi connectivity index (χ1n) is 13.2. The Balaban J connectivity index is 1.57. The summed E-state index contributed by atoms with van der Waals surface area (Å²) >= 11 is 25.1. The number of hydrogen-bond acceptors (Lipinski definition) is 5. The van der Waals surface area contributed by atoms with E-state index < -0.39 is 28.6 Å². The van der Waals surface area contributed by atoms with E-state index in [0.717, 1.165) is 28.9 Å². The molecule has 5 rings (SSSR count). The van der Waals surface area contributed by atoms with Gasteiger partial charge in [-0.2, -0.15) is 0 Å². The number of carbonyl (C=O) groups excluding carboxylic acids is 4. The standard InChI is InChI=1S/C30H29Cl4NO5/c1-13(2)15-9-16-17(10-19(15)40-14(3)36)30(5)8-6-7-29(4,20(30)11-18(16)37)12-35-27(38)21-22(28(35)39)24(32)26(34)25(33)23(21)31/h9-10,13,20H,6-8,11-12H2,1-5H3/t20-,29-,30+/m0/s1. The zero-order valence-corrected chi connectivity index (χ0v) is 25.9. The van der Waals surface area contributed by atoms with Crippen molar-refractivity contribution < 1.29 is 23.9 Å². The van der Waals surface area contributed by atoms with E-state index >= 15 is 0 Å². The molecule has 1 heterocycles. The molecule has 2 aliphatic carbocycles. The lowest BCUT2D eigenvalue weighted by Crippen LogP contribution is -2.55. The number of fused-ring (bicyclic) bond motifs is 4. The maximum Gasteiger partial charge on any atom is 0.308 e. The third kappa shape index (κ3) is 4.29. The second-order valence-corrected chi connectivity index (χ2v) is 13.5. The Bertz CT molecular complexity index is 1470. The smallest absolute Gasteiger partial charge is 0.308 e. The number of esters is 1. The summed E-state index contributed by atoms with van der Waals surface area (Å²) in [5.41, 5.74) is 1.13. The molecule has 40 heavy (non-hydrogen) atoms. The third-order valence-corrected chi connectivity index (χ3v) is 10.9. The average Bonchev–Trinajstić information content (AvgIpc) is 3.12. The van der Waals surface area contributed by atoms with Gasteiger partial charge in [0.05, 0.1) is 31.2 Å². The van der Waals surface area contributed by atoms with Crippen LogP contribution in [0.1, 0.15) is 108 Å². The molecule has 0 saturated heterocycles. The number of ketones is 1. The monoisotopic (exact) mass is 623 g/mol. The molecule has 0 N–H and O–H groups in total. The van der Waals surface area contributed by atoms with Crippen LogP contribution in [-0.2, 0) is 10.2 Å². The van der Waals surface area contributed by atoms with Crippen molar-refractivity contribution in [3.05, 3.63) is 60.0 Å². The highest BCUT2D eigenvalue weighted by Gasteiger charge is 2.56. The molecule has 1 saturated carbocycles. The molecule has 0 unspecified atom stereocenters. The number of carbonyl (C=O) groups is 4. The van der Waals surface area contributed by atoms with E-state index in [1.165, 1.54) is 6.92 Å². The Hall–Kier alpha value is -2.12. The van der Waals surface area contributed by atoms with Gasteiger partial charge >= 0.3 is 5.97 Å². The van der Waals surface area contributed by atoms with E-state index in [2.05, 4.69) is 6.92 Å². The molecular weight excluding hydrogens is 596 g/mol. The lowest BCUT2D eigenvalue weighted by Gasteiger charge is -2.55. The quantitative estimate of drug-likeness (QED) is 0.112. The molecule has 0 radical (unpaired) electrons. The molecule has 0 spiro atoms. The van der Waals surface area contributed by atoms with Crippen molar-refractivity contribution >= 4 is 70.0 Å². The Labute approximate surface area is 253 Å². The van der Waals surface area contributed by atoms with Crippen LogP contribution in [0.2, 0.25) is 20.1 Å². The van der Waals surface area contributed by atoms with Crippen molar-refractivity contribution in [1.82, 2.24) is 4.90 Å². The molecule has 0 aromatic heterocycles. The average molecular weight is 625 g/mol. The third-order valence-electron chi connectivity index (χ3n) is 9.09. The summed E-state index contributed by atoms with van der Waals surface area (Å²) in [6, 6.07) is 3.73. The number of imide groups is 1. The number of hydrogen-bond donors (Lipinski definition) is 0. The largest absolute Gasteiger partial charge is 0.426 e. The van der Waals surface area contributed by atoms with Crippen molar-refractivity contribution in [2.24, 2.45) is 11.3 Å². The van der Waals surface area contributed by atoms with Crippen molar-refractivity contribution in [1.29, 1.82) is 0 Å². The van der Waals surface area contributed by atoms with Gasteiger partial charge in [0, 0.05) is 25.5 Å². The van der Waals surface area contributed by atoms with E-state index in [-0.39, 0.29) is 61.8 Å². The van der Waals surface area contributed by atoms with Crippen LogP contribution in [0.15, 0.2) is 12.1 Å². The molecule has 2 amide bonds. The molecular formula is C30H29Cl4NO5. The van der Waals surface area contributed by atoms with Gasteiger partial charge in [-0.3, -0.25) is 24.1 Å². The minimum absolute atomic E-state index is 0.00566. The number of rotatable bonds is 4. The highest BCUT2D eigenvalue weighted by atomic mass is 35.5. The number of Topliss-reactive ketones (excluding diaryl/α,β-unsaturated/α-hetero) is 1. The van der Waals surface area contributed by atoms with Crippen LogP contribution in [0, 0.1) is 11.3 Å². The minimum Gasteiger partial charge on any atom is -0.426 e. The second kappa shape index (κ2) is 10.0. The minimum atomic E-state index is -0.599. The predicted octanol–water partition coefficient (Wildman–Crippen LogP) is 8.30. The van der Waals surface area contributed by atoms with Gasteiger partial charge in [0.25, 0.3) is 11.8 Å². The highest BCUT2D eigenvalue weighted by molar-refractivity contribution is 6.55. The van der Waals surface area contributed by atoms with Gasteiger partial charge in [-0.25, -0.2) is 0 Å². The van der Waals surface area contributed by atoms with E-state index in [4.69, 9.17) is 51.1 Å². The van der Waals surface area contributed by atoms with Gasteiger partial charge in [-0.1, -0.05) is 80.5 Å². The van der Waals surface area contributed by atoms with Crippen LogP contribution in [0.5, 0.6) is 5.75 Å². The zero-order valence-electron chi connectivity index (χ0n) is 22.8. The van der Waals surface area contributed by atoms with Crippen LogP contribution < -0.4 is 4.74 Å². The first-order valence-corrected chi connectivity index (χ1v) is 14.8. The maximum atomic E-state index is 13.7. The van der Waals surface area contributed by atoms with Crippen LogP contribution in [-0.4, -0.2) is 35.0 Å². The number of benzene rings is 2. The first-order chi connectivity index (χ1) is 18.6. The Morgan fingerprint density at radius 3 is 2.08 bits per heavy atom. The molecule has 2 aromatic carbocycles. The van der Waals surface area contributed by atoms with Gasteiger partial charge in [0.15, 0.2) is 5.78 Å². The summed E-state index contributed by atoms with van der Waals surface area (Å²) < 4.78 is 5.60. The predicted molar refractivity (Wildman–Crippen MR) is 155 cm³/mol. The number of ether oxygens (including phenoxy) is 1. The van der Waals surface area contributed by atoms with Crippen molar-refractivity contribution in [3.8, 4) is 5.75 Å². The van der Waals surface area contributed by atoms with Crippen LogP contribution in [0.25, 0.3) is 0 Å². The lowest BCUT2D eigenvalue weighted by atomic mass is 9.49. The highest BCUT2D eigenvalue weighted by Crippen LogP contribution is 2.59. The number of amides is 2. The summed E-state index contributed by atoms with van der Waals surface area (Å²) in [5.74, 6) is -1.28. The van der Waals surface area contributed by atoms with Crippen LogP contribution in [0.4, 0.5) is 0 Å². The summed E-state index contributed by atoms with van der Waals surface area (Å²) in [6.45, 7) is 9.57. The van der Waals surface area contributed by atoms with Gasteiger partial charge in [0.1, 0.15) is 5.75 Å². The summed E-state index contributed by atoms with van der Waals surface area (Å²) in [6.07, 6.45) is 2.59. The normalized spacial score (nSPS) is 25.7. The van der Waals surface area contributed by atoms with E-state index in [9.17, 15) is 19.2 Å². The fourth-order valence-electron chi connectivity index (χ4n) is 7.15. The van der Waals surface area contributed by atoms with E-state index in [0.29, 0.717) is 17.7 Å². The van der Waals surface area contributed by atoms with Gasteiger partial charge in [0.2, 0.25) is 0 Å². The van der Waals surface area contributed by atoms with Crippen molar-refractivity contribution in [3.63, 3.8) is 0 Å². The van der Waals surface area contributed by atoms with Crippen LogP contribution >= 0.6 is 46.4 Å². The number of nitrogens with zero attached hydrogens (tertiary/aromatic N) is 1. The van der Waals surface area contributed by atoms with Gasteiger partial charge in [-0.05, 0) is 58.8 Å². The van der Waals surface area contributed by atoms with Crippen molar-refractivity contribution in [2.45, 2.75) is 71.6 Å². The zero-order chi connectivity index (χ0) is 29.5. The summed E-state index contributed by atoms with van der Waals surface area (Å²) in [5, 5.41) is -0.367. The number of halogens is 4. The van der Waals surface area contributed by atoms with E-state index in [1.54, 1.807) is 0 Å². The van der Waals surface area contributed by atoms with Crippen molar-refractivity contribution in [2.75, 3.05) is 6.54 Å². The molecule has 6 nitrogen and oxygen atoms in total.